The van der Waals surface area contributed by atoms with Crippen LogP contribution in [0, 0.1) is 0 Å². The van der Waals surface area contributed by atoms with E-state index < -0.39 is 0 Å². The van der Waals surface area contributed by atoms with Crippen LogP contribution in [-0.2, 0) is 11.4 Å². The molecule has 0 fully saturated rings. The summed E-state index contributed by atoms with van der Waals surface area (Å²) in [7, 11) is 0. The number of nitrogens with zero attached hydrogens (tertiary/aromatic N) is 1. The van der Waals surface area contributed by atoms with Crippen LogP contribution in [0.15, 0.2) is 99.0 Å². The SMILES string of the molecule is O=C(COc1ccc2ccccc2c1Br)N/N=C/c1ccccc1OCc1cccc(Br)c1. The molecule has 4 rings (SSSR count). The summed E-state index contributed by atoms with van der Waals surface area (Å²) in [6, 6.07) is 27.2. The summed E-state index contributed by atoms with van der Waals surface area (Å²) in [6.45, 7) is 0.264. The van der Waals surface area contributed by atoms with Crippen LogP contribution in [0.25, 0.3) is 10.8 Å². The number of carbonyl (C=O) groups excluding carboxylic acids is 1. The Morgan fingerprint density at radius 1 is 0.879 bits per heavy atom. The van der Waals surface area contributed by atoms with Gasteiger partial charge in [-0.3, -0.25) is 4.79 Å². The first-order valence-electron chi connectivity index (χ1n) is 10.2. The molecular formula is C26H20Br2N2O3. The van der Waals surface area contributed by atoms with Crippen LogP contribution in [0.1, 0.15) is 11.1 Å². The number of carbonyl (C=O) groups is 1. The zero-order valence-electron chi connectivity index (χ0n) is 17.5. The highest BCUT2D eigenvalue weighted by molar-refractivity contribution is 9.11. The lowest BCUT2D eigenvalue weighted by atomic mass is 10.1. The lowest BCUT2D eigenvalue weighted by molar-refractivity contribution is -0.123. The van der Waals surface area contributed by atoms with Gasteiger partial charge in [0, 0.05) is 10.0 Å². The van der Waals surface area contributed by atoms with Crippen molar-refractivity contribution in [1.29, 1.82) is 0 Å². The van der Waals surface area contributed by atoms with Crippen LogP contribution in [-0.4, -0.2) is 18.7 Å². The van der Waals surface area contributed by atoms with Crippen LogP contribution in [0.2, 0.25) is 0 Å². The topological polar surface area (TPSA) is 59.9 Å². The van der Waals surface area contributed by atoms with E-state index in [2.05, 4.69) is 42.4 Å². The standard InChI is InChI=1S/C26H20Br2N2O3/c27-21-9-5-6-18(14-21)16-32-23-11-4-2-8-20(23)15-29-30-25(31)17-33-24-13-12-19-7-1-3-10-22(19)26(24)28/h1-15H,16-17H2,(H,30,31)/b29-15+. The number of amides is 1. The molecule has 33 heavy (non-hydrogen) atoms. The first-order valence-corrected chi connectivity index (χ1v) is 11.8. The van der Waals surface area contributed by atoms with E-state index in [9.17, 15) is 4.79 Å². The minimum Gasteiger partial charge on any atom is -0.488 e. The second-order valence-electron chi connectivity index (χ2n) is 7.14. The maximum absolute atomic E-state index is 12.2. The van der Waals surface area contributed by atoms with E-state index >= 15 is 0 Å². The fraction of sp³-hybridized carbons (Fsp3) is 0.0769. The van der Waals surface area contributed by atoms with Crippen molar-refractivity contribution in [2.75, 3.05) is 6.61 Å². The number of hydrogen-bond acceptors (Lipinski definition) is 4. The van der Waals surface area contributed by atoms with E-state index in [1.54, 1.807) is 6.21 Å². The largest absolute Gasteiger partial charge is 0.488 e. The summed E-state index contributed by atoms with van der Waals surface area (Å²) < 4.78 is 13.4. The highest BCUT2D eigenvalue weighted by atomic mass is 79.9. The number of benzene rings is 4. The van der Waals surface area contributed by atoms with Crippen molar-refractivity contribution in [1.82, 2.24) is 5.43 Å². The smallest absolute Gasteiger partial charge is 0.277 e. The van der Waals surface area contributed by atoms with Crippen molar-refractivity contribution >= 4 is 54.8 Å². The van der Waals surface area contributed by atoms with Gasteiger partial charge in [-0.2, -0.15) is 5.10 Å². The molecule has 4 aromatic carbocycles. The number of para-hydroxylation sites is 1. The first kappa shape index (κ1) is 23.0. The fourth-order valence-electron chi connectivity index (χ4n) is 3.18. The molecule has 0 aliphatic heterocycles. The molecule has 0 atom stereocenters. The molecule has 0 radical (unpaired) electrons. The molecule has 0 heterocycles. The Kier molecular flexibility index (Phi) is 7.75. The zero-order valence-corrected chi connectivity index (χ0v) is 20.7. The predicted octanol–water partition coefficient (Wildman–Crippen LogP) is 6.47. The minimum absolute atomic E-state index is 0.157. The highest BCUT2D eigenvalue weighted by Crippen LogP contribution is 2.32. The Bertz CT molecular complexity index is 1310. The summed E-state index contributed by atoms with van der Waals surface area (Å²) >= 11 is 7.02. The van der Waals surface area contributed by atoms with E-state index in [4.69, 9.17) is 9.47 Å². The van der Waals surface area contributed by atoms with Crippen molar-refractivity contribution in [3.8, 4) is 11.5 Å². The molecule has 5 nitrogen and oxygen atoms in total. The van der Waals surface area contributed by atoms with Crippen LogP contribution < -0.4 is 14.9 Å². The van der Waals surface area contributed by atoms with Crippen molar-refractivity contribution in [2.45, 2.75) is 6.61 Å². The lowest BCUT2D eigenvalue weighted by Gasteiger charge is -2.10. The number of fused-ring (bicyclic) bond motifs is 1. The fourth-order valence-corrected chi connectivity index (χ4v) is 4.24. The summed E-state index contributed by atoms with van der Waals surface area (Å²) in [6.07, 6.45) is 1.56. The Morgan fingerprint density at radius 2 is 1.70 bits per heavy atom. The molecule has 4 aromatic rings. The molecule has 1 N–H and O–H groups in total. The molecule has 0 spiro atoms. The van der Waals surface area contributed by atoms with Crippen LogP contribution in [0.5, 0.6) is 11.5 Å². The monoisotopic (exact) mass is 566 g/mol. The molecule has 0 saturated carbocycles. The van der Waals surface area contributed by atoms with E-state index in [1.807, 2.05) is 84.9 Å². The van der Waals surface area contributed by atoms with Gasteiger partial charge in [0.15, 0.2) is 6.61 Å². The summed E-state index contributed by atoms with van der Waals surface area (Å²) in [4.78, 5) is 12.2. The molecule has 0 aromatic heterocycles. The summed E-state index contributed by atoms with van der Waals surface area (Å²) in [5, 5.41) is 6.16. The quantitative estimate of drug-likeness (QED) is 0.196. The first-order chi connectivity index (χ1) is 16.1. The zero-order chi connectivity index (χ0) is 23.0. The predicted molar refractivity (Wildman–Crippen MR) is 138 cm³/mol. The molecule has 0 bridgehead atoms. The van der Waals surface area contributed by atoms with Crippen molar-refractivity contribution in [3.63, 3.8) is 0 Å². The Hall–Kier alpha value is -3.16. The lowest BCUT2D eigenvalue weighted by Crippen LogP contribution is -2.24. The molecule has 0 saturated heterocycles. The van der Waals surface area contributed by atoms with E-state index in [-0.39, 0.29) is 12.5 Å². The molecule has 0 unspecified atom stereocenters. The van der Waals surface area contributed by atoms with E-state index in [0.717, 1.165) is 30.8 Å². The van der Waals surface area contributed by atoms with Gasteiger partial charge >= 0.3 is 0 Å². The third-order valence-electron chi connectivity index (χ3n) is 4.78. The molecule has 7 heteroatoms. The van der Waals surface area contributed by atoms with Crippen molar-refractivity contribution < 1.29 is 14.3 Å². The van der Waals surface area contributed by atoms with Gasteiger partial charge in [0.05, 0.1) is 10.7 Å². The van der Waals surface area contributed by atoms with Crippen molar-refractivity contribution in [2.24, 2.45) is 5.10 Å². The van der Waals surface area contributed by atoms with Gasteiger partial charge in [-0.1, -0.05) is 70.5 Å². The van der Waals surface area contributed by atoms with Gasteiger partial charge in [-0.15, -0.1) is 0 Å². The van der Waals surface area contributed by atoms with E-state index in [0.29, 0.717) is 18.1 Å². The molecular weight excluding hydrogens is 548 g/mol. The summed E-state index contributed by atoms with van der Waals surface area (Å²) in [5.74, 6) is 0.907. The van der Waals surface area contributed by atoms with Gasteiger partial charge in [-0.25, -0.2) is 5.43 Å². The average Bonchev–Trinajstić information content (AvgIpc) is 2.83. The normalized spacial score (nSPS) is 11.0. The average molecular weight is 568 g/mol. The summed E-state index contributed by atoms with van der Waals surface area (Å²) in [5.41, 5.74) is 4.29. The van der Waals surface area contributed by atoms with Gasteiger partial charge in [-0.05, 0) is 62.6 Å². The molecule has 0 aliphatic rings. The second kappa shape index (κ2) is 11.1. The Labute approximate surface area is 208 Å². The third kappa shape index (κ3) is 6.21. The number of hydrazone groups is 1. The van der Waals surface area contributed by atoms with Crippen LogP contribution in [0.4, 0.5) is 0 Å². The minimum atomic E-state index is -0.362. The maximum Gasteiger partial charge on any atom is 0.277 e. The van der Waals surface area contributed by atoms with Crippen LogP contribution in [0.3, 0.4) is 0 Å². The van der Waals surface area contributed by atoms with Crippen molar-refractivity contribution in [3.05, 3.63) is 105 Å². The number of rotatable bonds is 8. The molecule has 166 valence electrons. The number of halogens is 2. The number of ether oxygens (including phenoxy) is 2. The number of nitrogens with one attached hydrogen (secondary N) is 1. The third-order valence-corrected chi connectivity index (χ3v) is 6.09. The second-order valence-corrected chi connectivity index (χ2v) is 8.85. The van der Waals surface area contributed by atoms with E-state index in [1.165, 1.54) is 0 Å². The van der Waals surface area contributed by atoms with Gasteiger partial charge in [0.2, 0.25) is 0 Å². The van der Waals surface area contributed by atoms with Crippen LogP contribution >= 0.6 is 31.9 Å². The maximum atomic E-state index is 12.2. The Morgan fingerprint density at radius 3 is 2.58 bits per heavy atom. The Balaban J connectivity index is 1.33. The molecule has 1 amide bonds. The number of hydrogen-bond donors (Lipinski definition) is 1. The molecule has 0 aliphatic carbocycles. The van der Waals surface area contributed by atoms with Gasteiger partial charge in [0.1, 0.15) is 18.1 Å². The highest BCUT2D eigenvalue weighted by Gasteiger charge is 2.08. The van der Waals surface area contributed by atoms with Gasteiger partial charge < -0.3 is 9.47 Å². The van der Waals surface area contributed by atoms with Gasteiger partial charge in [0.25, 0.3) is 5.91 Å².